The van der Waals surface area contributed by atoms with Crippen LogP contribution in [0.15, 0.2) is 12.3 Å². The van der Waals surface area contributed by atoms with Gasteiger partial charge in [-0.3, -0.25) is 4.68 Å². The maximum Gasteiger partial charge on any atom is 0.435 e. The van der Waals surface area contributed by atoms with Crippen molar-refractivity contribution < 1.29 is 13.2 Å². The molecule has 0 radical (unpaired) electrons. The second kappa shape index (κ2) is 3.43. The molecule has 2 nitrogen and oxygen atoms in total. The van der Waals surface area contributed by atoms with E-state index in [1.165, 1.54) is 10.9 Å². The van der Waals surface area contributed by atoms with E-state index in [9.17, 15) is 13.2 Å². The summed E-state index contributed by atoms with van der Waals surface area (Å²) in [6.07, 6.45) is -0.912. The predicted molar refractivity (Wildman–Crippen MR) is 52.7 cm³/mol. The monoisotopic (exact) mass is 236 g/mol. The Morgan fingerprint density at radius 3 is 2.53 bits per heavy atom. The average molecular weight is 236 g/mol. The Hall–Kier alpha value is -0.650. The predicted octanol–water partition coefficient (Wildman–Crippen LogP) is 2.61. The summed E-state index contributed by atoms with van der Waals surface area (Å²) in [7, 11) is 0. The molecule has 1 saturated carbocycles. The van der Waals surface area contributed by atoms with Gasteiger partial charge in [-0.05, 0) is 30.1 Å². The first kappa shape index (κ1) is 10.9. The highest BCUT2D eigenvalue weighted by Crippen LogP contribution is 2.47. The lowest BCUT2D eigenvalue weighted by Crippen LogP contribution is -2.15. The highest BCUT2D eigenvalue weighted by Gasteiger charge is 2.42. The summed E-state index contributed by atoms with van der Waals surface area (Å²) in [6, 6.07) is 1.01. The van der Waals surface area contributed by atoms with Crippen LogP contribution in [0.1, 0.15) is 18.5 Å². The third-order valence-electron chi connectivity index (χ3n) is 2.72. The number of thiol groups is 1. The molecule has 0 aliphatic heterocycles. The Bertz CT molecular complexity index is 354. The maximum absolute atomic E-state index is 12.2. The number of hydrogen-bond donors (Lipinski definition) is 1. The van der Waals surface area contributed by atoms with Crippen molar-refractivity contribution in [2.24, 2.45) is 5.41 Å². The fourth-order valence-corrected chi connectivity index (χ4v) is 1.90. The Morgan fingerprint density at radius 1 is 1.47 bits per heavy atom. The molecule has 2 rings (SSSR count). The van der Waals surface area contributed by atoms with Crippen LogP contribution in [0.25, 0.3) is 0 Å². The van der Waals surface area contributed by atoms with Gasteiger partial charge in [-0.1, -0.05) is 0 Å². The lowest BCUT2D eigenvalue weighted by Gasteiger charge is -2.11. The van der Waals surface area contributed by atoms with Crippen molar-refractivity contribution in [3.05, 3.63) is 18.0 Å². The highest BCUT2D eigenvalue weighted by atomic mass is 32.1. The molecule has 0 atom stereocenters. The topological polar surface area (TPSA) is 17.8 Å². The number of nitrogens with zero attached hydrogens (tertiary/aromatic N) is 2. The summed E-state index contributed by atoms with van der Waals surface area (Å²) >= 11 is 4.19. The minimum Gasteiger partial charge on any atom is -0.272 e. The molecule has 15 heavy (non-hydrogen) atoms. The quantitative estimate of drug-likeness (QED) is 0.799. The second-order valence-corrected chi connectivity index (χ2v) is 4.37. The fourth-order valence-electron chi connectivity index (χ4n) is 1.49. The lowest BCUT2D eigenvalue weighted by atomic mass is 10.1. The Kier molecular flexibility index (Phi) is 2.48. The SMILES string of the molecule is FC(F)(F)c1ccn(CC2(CS)CC2)n1. The van der Waals surface area contributed by atoms with E-state index >= 15 is 0 Å². The number of hydrogen-bond acceptors (Lipinski definition) is 2. The van der Waals surface area contributed by atoms with Gasteiger partial charge in [-0.2, -0.15) is 30.9 Å². The van der Waals surface area contributed by atoms with Crippen molar-refractivity contribution in [2.75, 3.05) is 5.75 Å². The number of aromatic nitrogens is 2. The molecule has 84 valence electrons. The van der Waals surface area contributed by atoms with E-state index < -0.39 is 11.9 Å². The van der Waals surface area contributed by atoms with Crippen LogP contribution in [0, 0.1) is 5.41 Å². The Balaban J connectivity index is 2.08. The van der Waals surface area contributed by atoms with Gasteiger partial charge in [0.1, 0.15) is 0 Å². The molecule has 1 heterocycles. The summed E-state index contributed by atoms with van der Waals surface area (Å²) < 4.78 is 38.1. The summed E-state index contributed by atoms with van der Waals surface area (Å²) in [4.78, 5) is 0. The van der Waals surface area contributed by atoms with Crippen LogP contribution in [0.5, 0.6) is 0 Å². The number of alkyl halides is 3. The molecule has 6 heteroatoms. The van der Waals surface area contributed by atoms with Crippen LogP contribution in [0.2, 0.25) is 0 Å². The van der Waals surface area contributed by atoms with Gasteiger partial charge in [-0.15, -0.1) is 0 Å². The van der Waals surface area contributed by atoms with Gasteiger partial charge in [0.25, 0.3) is 0 Å². The van der Waals surface area contributed by atoms with Gasteiger partial charge in [-0.25, -0.2) is 0 Å². The number of halogens is 3. The molecule has 0 unspecified atom stereocenters. The Morgan fingerprint density at radius 2 is 2.13 bits per heavy atom. The summed E-state index contributed by atoms with van der Waals surface area (Å²) in [5.41, 5.74) is -0.740. The fraction of sp³-hybridized carbons (Fsp3) is 0.667. The van der Waals surface area contributed by atoms with Crippen molar-refractivity contribution in [1.82, 2.24) is 9.78 Å². The van der Waals surface area contributed by atoms with Crippen LogP contribution >= 0.6 is 12.6 Å². The molecule has 1 aromatic rings. The molecule has 0 spiro atoms. The van der Waals surface area contributed by atoms with E-state index in [1.54, 1.807) is 0 Å². The molecule has 1 aliphatic carbocycles. The van der Waals surface area contributed by atoms with E-state index in [-0.39, 0.29) is 5.41 Å². The van der Waals surface area contributed by atoms with Crippen LogP contribution in [-0.4, -0.2) is 15.5 Å². The van der Waals surface area contributed by atoms with Crippen molar-refractivity contribution in [3.63, 3.8) is 0 Å². The van der Waals surface area contributed by atoms with Crippen molar-refractivity contribution in [2.45, 2.75) is 25.6 Å². The van der Waals surface area contributed by atoms with Gasteiger partial charge in [0.15, 0.2) is 5.69 Å². The lowest BCUT2D eigenvalue weighted by molar-refractivity contribution is -0.141. The summed E-state index contributed by atoms with van der Waals surface area (Å²) in [5, 5.41) is 3.51. The molecule has 0 saturated heterocycles. The van der Waals surface area contributed by atoms with Crippen molar-refractivity contribution in [3.8, 4) is 0 Å². The average Bonchev–Trinajstić information content (AvgIpc) is 2.73. The Labute approximate surface area is 90.9 Å². The van der Waals surface area contributed by atoms with Crippen molar-refractivity contribution >= 4 is 12.6 Å². The molecule has 1 fully saturated rings. The van der Waals surface area contributed by atoms with E-state index in [0.29, 0.717) is 12.3 Å². The third-order valence-corrected chi connectivity index (χ3v) is 3.39. The molecular formula is C9H11F3N2S. The van der Waals surface area contributed by atoms with E-state index in [0.717, 1.165) is 18.9 Å². The molecular weight excluding hydrogens is 225 g/mol. The first-order valence-electron chi connectivity index (χ1n) is 4.67. The van der Waals surface area contributed by atoms with Crippen LogP contribution < -0.4 is 0 Å². The smallest absolute Gasteiger partial charge is 0.272 e. The molecule has 0 N–H and O–H groups in total. The normalized spacial score (nSPS) is 19.2. The maximum atomic E-state index is 12.2. The zero-order chi connectivity index (χ0) is 11.1. The van der Waals surface area contributed by atoms with Gasteiger partial charge in [0.05, 0.1) is 0 Å². The molecule has 0 bridgehead atoms. The van der Waals surface area contributed by atoms with E-state index in [4.69, 9.17) is 0 Å². The largest absolute Gasteiger partial charge is 0.435 e. The summed E-state index contributed by atoms with van der Waals surface area (Å²) in [6.45, 7) is 0.534. The zero-order valence-electron chi connectivity index (χ0n) is 7.96. The van der Waals surface area contributed by atoms with Crippen LogP contribution in [0.4, 0.5) is 13.2 Å². The van der Waals surface area contributed by atoms with E-state index in [2.05, 4.69) is 17.7 Å². The third kappa shape index (κ3) is 2.30. The van der Waals surface area contributed by atoms with Crippen molar-refractivity contribution in [1.29, 1.82) is 0 Å². The molecule has 0 aromatic carbocycles. The zero-order valence-corrected chi connectivity index (χ0v) is 8.85. The van der Waals surface area contributed by atoms with Gasteiger partial charge in [0, 0.05) is 12.7 Å². The van der Waals surface area contributed by atoms with Gasteiger partial charge < -0.3 is 0 Å². The molecule has 1 aliphatic rings. The first-order chi connectivity index (χ1) is 6.95. The highest BCUT2D eigenvalue weighted by molar-refractivity contribution is 7.80. The van der Waals surface area contributed by atoms with Gasteiger partial charge >= 0.3 is 6.18 Å². The van der Waals surface area contributed by atoms with Crippen LogP contribution in [-0.2, 0) is 12.7 Å². The second-order valence-electron chi connectivity index (χ2n) is 4.05. The molecule has 1 aromatic heterocycles. The van der Waals surface area contributed by atoms with E-state index in [1.807, 2.05) is 0 Å². The molecule has 0 amide bonds. The minimum absolute atomic E-state index is 0.0813. The number of rotatable bonds is 3. The summed E-state index contributed by atoms with van der Waals surface area (Å²) in [5.74, 6) is 0.703. The van der Waals surface area contributed by atoms with Crippen LogP contribution in [0.3, 0.4) is 0 Å². The first-order valence-corrected chi connectivity index (χ1v) is 5.30. The standard InChI is InChI=1S/C9H11F3N2S/c10-9(11,12)7-1-4-14(13-7)5-8(6-15)2-3-8/h1,4,15H,2-3,5-6H2. The minimum atomic E-state index is -4.34. The van der Waals surface area contributed by atoms with Gasteiger partial charge in [0.2, 0.25) is 0 Å².